The molecule has 0 saturated heterocycles. The molecule has 98 valence electrons. The molecule has 6 heteroatoms. The summed E-state index contributed by atoms with van der Waals surface area (Å²) < 4.78 is 10.5. The molecule has 0 aliphatic heterocycles. The molecule has 0 spiro atoms. The van der Waals surface area contributed by atoms with Gasteiger partial charge in [-0.15, -0.1) is 0 Å². The third kappa shape index (κ3) is 5.25. The number of rotatable bonds is 8. The van der Waals surface area contributed by atoms with Crippen LogP contribution in [0.15, 0.2) is 4.52 Å². The van der Waals surface area contributed by atoms with E-state index in [0.717, 1.165) is 13.0 Å². The third-order valence-electron chi connectivity index (χ3n) is 2.19. The van der Waals surface area contributed by atoms with Gasteiger partial charge in [0.1, 0.15) is 0 Å². The van der Waals surface area contributed by atoms with Gasteiger partial charge in [-0.25, -0.2) is 0 Å². The second-order valence-electron chi connectivity index (χ2n) is 4.28. The molecule has 0 aliphatic carbocycles. The second kappa shape index (κ2) is 7.37. The predicted octanol–water partition coefficient (Wildman–Crippen LogP) is 0.600. The van der Waals surface area contributed by atoms with E-state index in [1.54, 1.807) is 0 Å². The minimum atomic E-state index is -0.209. The molecule has 0 radical (unpaired) electrons. The lowest BCUT2D eigenvalue weighted by atomic mass is 10.3. The minimum Gasteiger partial charge on any atom is -0.381 e. The van der Waals surface area contributed by atoms with Crippen molar-refractivity contribution in [3.8, 4) is 0 Å². The number of likely N-dealkylation sites (N-methyl/N-ethyl adjacent to an activating group) is 1. The lowest BCUT2D eigenvalue weighted by molar-refractivity contribution is 0.132. The Hall–Kier alpha value is -0.980. The molecule has 0 aromatic carbocycles. The molecule has 1 rings (SSSR count). The van der Waals surface area contributed by atoms with Crippen molar-refractivity contribution >= 4 is 0 Å². The number of hydrogen-bond donors (Lipinski definition) is 1. The van der Waals surface area contributed by atoms with Crippen LogP contribution in [0.5, 0.6) is 0 Å². The summed E-state index contributed by atoms with van der Waals surface area (Å²) >= 11 is 0. The average molecular weight is 242 g/mol. The van der Waals surface area contributed by atoms with Crippen LogP contribution in [0.4, 0.5) is 0 Å². The summed E-state index contributed by atoms with van der Waals surface area (Å²) in [6.07, 6.45) is 1.66. The Kier molecular flexibility index (Phi) is 6.10. The normalized spacial score (nSPS) is 13.2. The van der Waals surface area contributed by atoms with E-state index in [-0.39, 0.29) is 6.04 Å². The largest absolute Gasteiger partial charge is 0.381 e. The fourth-order valence-corrected chi connectivity index (χ4v) is 1.40. The fraction of sp³-hybridized carbons (Fsp3) is 0.818. The van der Waals surface area contributed by atoms with Crippen molar-refractivity contribution in [1.29, 1.82) is 0 Å². The molecule has 0 bridgehead atoms. The van der Waals surface area contributed by atoms with Crippen LogP contribution in [0.25, 0.3) is 0 Å². The zero-order valence-electron chi connectivity index (χ0n) is 10.8. The standard InChI is InChI=1S/C11H22N4O2/c1-4-6-16-7-5-10-13-11(14-17-10)9(12)8-15(2)3/h9H,4-8,12H2,1-3H3. The smallest absolute Gasteiger partial charge is 0.229 e. The first-order chi connectivity index (χ1) is 8.13. The summed E-state index contributed by atoms with van der Waals surface area (Å²) in [4.78, 5) is 6.24. The lowest BCUT2D eigenvalue weighted by Gasteiger charge is -2.12. The Labute approximate surface area is 102 Å². The van der Waals surface area contributed by atoms with Crippen LogP contribution in [0.2, 0.25) is 0 Å². The van der Waals surface area contributed by atoms with Gasteiger partial charge in [0.2, 0.25) is 5.89 Å². The van der Waals surface area contributed by atoms with Crippen LogP contribution in [0, 0.1) is 0 Å². The predicted molar refractivity (Wildman–Crippen MR) is 64.6 cm³/mol. The molecule has 1 aromatic heterocycles. The zero-order valence-corrected chi connectivity index (χ0v) is 10.8. The van der Waals surface area contributed by atoms with Gasteiger partial charge in [0.25, 0.3) is 0 Å². The monoisotopic (exact) mass is 242 g/mol. The fourth-order valence-electron chi connectivity index (χ4n) is 1.40. The van der Waals surface area contributed by atoms with Gasteiger partial charge in [0, 0.05) is 13.2 Å². The molecule has 17 heavy (non-hydrogen) atoms. The van der Waals surface area contributed by atoms with Crippen molar-refractivity contribution in [1.82, 2.24) is 15.0 Å². The third-order valence-corrected chi connectivity index (χ3v) is 2.19. The van der Waals surface area contributed by atoms with Crippen LogP contribution >= 0.6 is 0 Å². The Bertz CT molecular complexity index is 314. The average Bonchev–Trinajstić information content (AvgIpc) is 2.72. The second-order valence-corrected chi connectivity index (χ2v) is 4.28. The minimum absolute atomic E-state index is 0.209. The van der Waals surface area contributed by atoms with E-state index in [1.807, 2.05) is 19.0 Å². The Morgan fingerprint density at radius 2 is 2.18 bits per heavy atom. The molecule has 0 aliphatic rings. The Balaban J connectivity index is 2.36. The van der Waals surface area contributed by atoms with Crippen molar-refractivity contribution < 1.29 is 9.26 Å². The van der Waals surface area contributed by atoms with Gasteiger partial charge in [-0.1, -0.05) is 12.1 Å². The van der Waals surface area contributed by atoms with Crippen molar-refractivity contribution in [2.45, 2.75) is 25.8 Å². The van der Waals surface area contributed by atoms with Gasteiger partial charge in [0.05, 0.1) is 19.1 Å². The van der Waals surface area contributed by atoms with Gasteiger partial charge in [-0.3, -0.25) is 0 Å². The van der Waals surface area contributed by atoms with Crippen LogP contribution < -0.4 is 5.73 Å². The van der Waals surface area contributed by atoms with Crippen molar-refractivity contribution in [3.05, 3.63) is 11.7 Å². The molecule has 1 aromatic rings. The zero-order chi connectivity index (χ0) is 12.7. The first kappa shape index (κ1) is 14.1. The van der Waals surface area contributed by atoms with E-state index < -0.39 is 0 Å². The first-order valence-electron chi connectivity index (χ1n) is 5.94. The number of nitrogens with zero attached hydrogens (tertiary/aromatic N) is 3. The number of hydrogen-bond acceptors (Lipinski definition) is 6. The van der Waals surface area contributed by atoms with Gasteiger partial charge in [0.15, 0.2) is 5.82 Å². The Morgan fingerprint density at radius 3 is 2.82 bits per heavy atom. The molecule has 1 heterocycles. The maximum absolute atomic E-state index is 5.93. The quantitative estimate of drug-likeness (QED) is 0.673. The highest BCUT2D eigenvalue weighted by molar-refractivity contribution is 4.93. The molecule has 1 atom stereocenters. The first-order valence-corrected chi connectivity index (χ1v) is 5.94. The van der Waals surface area contributed by atoms with E-state index in [0.29, 0.717) is 31.3 Å². The summed E-state index contributed by atoms with van der Waals surface area (Å²) in [6, 6.07) is -0.209. The molecule has 1 unspecified atom stereocenters. The summed E-state index contributed by atoms with van der Waals surface area (Å²) in [5.41, 5.74) is 5.93. The summed E-state index contributed by atoms with van der Waals surface area (Å²) in [7, 11) is 3.92. The molecule has 2 N–H and O–H groups in total. The molecular formula is C11H22N4O2. The number of nitrogens with two attached hydrogens (primary N) is 1. The van der Waals surface area contributed by atoms with Crippen LogP contribution in [-0.2, 0) is 11.2 Å². The summed E-state index contributed by atoms with van der Waals surface area (Å²) in [5, 5.41) is 3.87. The SMILES string of the molecule is CCCOCCc1nc(C(N)CN(C)C)no1. The highest BCUT2D eigenvalue weighted by atomic mass is 16.5. The Morgan fingerprint density at radius 1 is 1.41 bits per heavy atom. The molecule has 0 fully saturated rings. The van der Waals surface area contributed by atoms with Gasteiger partial charge < -0.3 is 19.9 Å². The van der Waals surface area contributed by atoms with Gasteiger partial charge >= 0.3 is 0 Å². The molecule has 0 saturated carbocycles. The highest BCUT2D eigenvalue weighted by Gasteiger charge is 2.14. The van der Waals surface area contributed by atoms with Gasteiger partial charge in [-0.2, -0.15) is 4.98 Å². The van der Waals surface area contributed by atoms with Crippen LogP contribution in [-0.4, -0.2) is 48.9 Å². The van der Waals surface area contributed by atoms with E-state index in [4.69, 9.17) is 15.0 Å². The highest BCUT2D eigenvalue weighted by Crippen LogP contribution is 2.07. The maximum Gasteiger partial charge on any atom is 0.229 e. The van der Waals surface area contributed by atoms with Crippen molar-refractivity contribution in [3.63, 3.8) is 0 Å². The van der Waals surface area contributed by atoms with Crippen LogP contribution in [0.3, 0.4) is 0 Å². The van der Waals surface area contributed by atoms with Crippen molar-refractivity contribution in [2.75, 3.05) is 33.9 Å². The topological polar surface area (TPSA) is 77.4 Å². The lowest BCUT2D eigenvalue weighted by Crippen LogP contribution is -2.26. The van der Waals surface area contributed by atoms with E-state index in [2.05, 4.69) is 17.1 Å². The van der Waals surface area contributed by atoms with E-state index in [9.17, 15) is 0 Å². The van der Waals surface area contributed by atoms with Crippen LogP contribution in [0.1, 0.15) is 31.1 Å². The van der Waals surface area contributed by atoms with Crippen molar-refractivity contribution in [2.24, 2.45) is 5.73 Å². The molecular weight excluding hydrogens is 220 g/mol. The summed E-state index contributed by atoms with van der Waals surface area (Å²) in [5.74, 6) is 1.15. The molecule has 0 amide bonds. The molecule has 6 nitrogen and oxygen atoms in total. The van der Waals surface area contributed by atoms with E-state index in [1.165, 1.54) is 0 Å². The maximum atomic E-state index is 5.93. The van der Waals surface area contributed by atoms with E-state index >= 15 is 0 Å². The number of aromatic nitrogens is 2. The summed E-state index contributed by atoms with van der Waals surface area (Å²) in [6.45, 7) is 4.15. The van der Waals surface area contributed by atoms with Gasteiger partial charge in [-0.05, 0) is 20.5 Å². The number of ether oxygens (including phenoxy) is 1.